The highest BCUT2D eigenvalue weighted by Crippen LogP contribution is 2.20. The topological polar surface area (TPSA) is 70.7 Å². The smallest absolute Gasteiger partial charge is 0.240 e. The van der Waals surface area contributed by atoms with E-state index in [1.54, 1.807) is 0 Å². The van der Waals surface area contributed by atoms with E-state index < -0.39 is 15.8 Å². The van der Waals surface area contributed by atoms with Crippen molar-refractivity contribution in [2.75, 3.05) is 46.4 Å². The molecule has 1 aromatic carbocycles. The molecule has 1 aromatic rings. The lowest BCUT2D eigenvalue weighted by Gasteiger charge is -2.27. The Morgan fingerprint density at radius 1 is 1.29 bits per heavy atom. The maximum absolute atomic E-state index is 13.6. The second-order valence-electron chi connectivity index (χ2n) is 5.14. The number of hydrogen-bond donors (Lipinski definition) is 2. The van der Waals surface area contributed by atoms with E-state index in [-0.39, 0.29) is 35.5 Å². The van der Waals surface area contributed by atoms with Gasteiger partial charge in [-0.1, -0.05) is 0 Å². The van der Waals surface area contributed by atoms with E-state index in [1.165, 1.54) is 19.2 Å². The second-order valence-corrected chi connectivity index (χ2v) is 6.91. The molecule has 1 saturated heterocycles. The van der Waals surface area contributed by atoms with Crippen molar-refractivity contribution >= 4 is 34.8 Å². The van der Waals surface area contributed by atoms with E-state index >= 15 is 0 Å². The van der Waals surface area contributed by atoms with Crippen LogP contribution in [0.15, 0.2) is 23.1 Å². The summed E-state index contributed by atoms with van der Waals surface area (Å²) in [6.45, 7) is 5.08. The lowest BCUT2D eigenvalue weighted by atomic mass is 10.3. The SMILES string of the molecule is COc1ccc(S(=O)(=O)NCCCN2CCNCC2)cc1F.Cl.Cl. The van der Waals surface area contributed by atoms with Crippen LogP contribution in [0.25, 0.3) is 0 Å². The van der Waals surface area contributed by atoms with Crippen LogP contribution in [-0.2, 0) is 10.0 Å². The fourth-order valence-corrected chi connectivity index (χ4v) is 3.43. The number of rotatable bonds is 7. The summed E-state index contributed by atoms with van der Waals surface area (Å²) in [6.07, 6.45) is 0.720. The van der Waals surface area contributed by atoms with Crippen LogP contribution in [0, 0.1) is 5.82 Å². The third-order valence-corrected chi connectivity index (χ3v) is 5.05. The Hall–Kier alpha value is -0.640. The number of benzene rings is 1. The Morgan fingerprint density at radius 3 is 2.54 bits per heavy atom. The van der Waals surface area contributed by atoms with Gasteiger partial charge in [0, 0.05) is 32.7 Å². The minimum absolute atomic E-state index is 0. The first-order valence-corrected chi connectivity index (χ1v) is 8.77. The normalized spacial score (nSPS) is 15.2. The Bertz CT molecular complexity index is 599. The van der Waals surface area contributed by atoms with Crippen molar-refractivity contribution in [3.8, 4) is 5.75 Å². The van der Waals surface area contributed by atoms with Gasteiger partial charge in [0.05, 0.1) is 12.0 Å². The summed E-state index contributed by atoms with van der Waals surface area (Å²) in [5, 5.41) is 3.27. The predicted molar refractivity (Wildman–Crippen MR) is 96.6 cm³/mol. The number of methoxy groups -OCH3 is 1. The zero-order valence-electron chi connectivity index (χ0n) is 13.5. The van der Waals surface area contributed by atoms with Crippen LogP contribution in [0.4, 0.5) is 4.39 Å². The predicted octanol–water partition coefficient (Wildman–Crippen LogP) is 1.25. The van der Waals surface area contributed by atoms with E-state index in [1.807, 2.05) is 0 Å². The Morgan fingerprint density at radius 2 is 1.96 bits per heavy atom. The number of ether oxygens (including phenoxy) is 1. The lowest BCUT2D eigenvalue weighted by Crippen LogP contribution is -2.44. The zero-order valence-corrected chi connectivity index (χ0v) is 15.9. The summed E-state index contributed by atoms with van der Waals surface area (Å²) in [4.78, 5) is 2.20. The molecular formula is C14H24Cl2FN3O3S. The summed E-state index contributed by atoms with van der Waals surface area (Å²) in [5.74, 6) is -0.663. The summed E-state index contributed by atoms with van der Waals surface area (Å²) in [5.41, 5.74) is 0. The van der Waals surface area contributed by atoms with Crippen molar-refractivity contribution in [3.63, 3.8) is 0 Å². The molecule has 0 atom stereocenters. The minimum atomic E-state index is -3.69. The quantitative estimate of drug-likeness (QED) is 0.670. The summed E-state index contributed by atoms with van der Waals surface area (Å²) >= 11 is 0. The number of sulfonamides is 1. The molecule has 2 N–H and O–H groups in total. The molecule has 1 aliphatic heterocycles. The highest BCUT2D eigenvalue weighted by Gasteiger charge is 2.16. The van der Waals surface area contributed by atoms with Crippen molar-refractivity contribution in [2.24, 2.45) is 0 Å². The van der Waals surface area contributed by atoms with Crippen LogP contribution >= 0.6 is 24.8 Å². The van der Waals surface area contributed by atoms with Crippen molar-refractivity contribution in [1.82, 2.24) is 14.9 Å². The van der Waals surface area contributed by atoms with E-state index in [0.29, 0.717) is 6.54 Å². The van der Waals surface area contributed by atoms with E-state index in [0.717, 1.165) is 45.2 Å². The molecule has 2 rings (SSSR count). The molecule has 0 bridgehead atoms. The zero-order chi connectivity index (χ0) is 16.0. The first-order valence-electron chi connectivity index (χ1n) is 7.29. The molecule has 0 aliphatic carbocycles. The van der Waals surface area contributed by atoms with Crippen molar-refractivity contribution in [3.05, 3.63) is 24.0 Å². The number of nitrogens with one attached hydrogen (secondary N) is 2. The molecule has 0 aromatic heterocycles. The fraction of sp³-hybridized carbons (Fsp3) is 0.571. The third kappa shape index (κ3) is 6.70. The molecule has 6 nitrogen and oxygen atoms in total. The molecule has 0 radical (unpaired) electrons. The molecule has 140 valence electrons. The van der Waals surface area contributed by atoms with Crippen LogP contribution in [0.2, 0.25) is 0 Å². The number of halogens is 3. The van der Waals surface area contributed by atoms with E-state index in [4.69, 9.17) is 4.74 Å². The van der Waals surface area contributed by atoms with Gasteiger partial charge in [-0.15, -0.1) is 24.8 Å². The molecule has 1 heterocycles. The van der Waals surface area contributed by atoms with Gasteiger partial charge in [-0.25, -0.2) is 17.5 Å². The molecule has 1 fully saturated rings. The molecule has 10 heteroatoms. The van der Waals surface area contributed by atoms with Gasteiger partial charge in [-0.05, 0) is 31.2 Å². The number of piperazine rings is 1. The van der Waals surface area contributed by atoms with Gasteiger partial charge in [0.15, 0.2) is 11.6 Å². The molecule has 0 spiro atoms. The standard InChI is InChI=1S/C14H22FN3O3S.2ClH/c1-21-14-4-3-12(11-13(14)15)22(19,20)17-5-2-8-18-9-6-16-7-10-18;;/h3-4,11,16-17H,2,5-10H2,1H3;2*1H. The summed E-state index contributed by atoms with van der Waals surface area (Å²) in [6, 6.07) is 3.61. The van der Waals surface area contributed by atoms with E-state index in [9.17, 15) is 12.8 Å². The lowest BCUT2D eigenvalue weighted by molar-refractivity contribution is 0.239. The van der Waals surface area contributed by atoms with Gasteiger partial charge >= 0.3 is 0 Å². The average molecular weight is 404 g/mol. The average Bonchev–Trinajstić information content (AvgIpc) is 2.52. The molecule has 0 saturated carbocycles. The van der Waals surface area contributed by atoms with Gasteiger partial charge in [-0.2, -0.15) is 0 Å². The molecular weight excluding hydrogens is 380 g/mol. The highest BCUT2D eigenvalue weighted by molar-refractivity contribution is 7.89. The summed E-state index contributed by atoms with van der Waals surface area (Å²) in [7, 11) is -2.35. The monoisotopic (exact) mass is 403 g/mol. The van der Waals surface area contributed by atoms with Crippen LogP contribution in [0.3, 0.4) is 0 Å². The van der Waals surface area contributed by atoms with Crippen LogP contribution < -0.4 is 14.8 Å². The Balaban J connectivity index is 0.00000264. The van der Waals surface area contributed by atoms with Crippen molar-refractivity contribution < 1.29 is 17.5 Å². The second kappa shape index (κ2) is 11.1. The van der Waals surface area contributed by atoms with Crippen LogP contribution in [-0.4, -0.2) is 59.7 Å². The minimum Gasteiger partial charge on any atom is -0.494 e. The van der Waals surface area contributed by atoms with Gasteiger partial charge in [0.25, 0.3) is 0 Å². The van der Waals surface area contributed by atoms with Gasteiger partial charge in [0.2, 0.25) is 10.0 Å². The first-order chi connectivity index (χ1) is 10.5. The first kappa shape index (κ1) is 23.4. The van der Waals surface area contributed by atoms with Crippen LogP contribution in [0.5, 0.6) is 5.75 Å². The summed E-state index contributed by atoms with van der Waals surface area (Å²) < 4.78 is 45.0. The van der Waals surface area contributed by atoms with Crippen LogP contribution in [0.1, 0.15) is 6.42 Å². The molecule has 1 aliphatic rings. The van der Waals surface area contributed by atoms with E-state index in [2.05, 4.69) is 14.9 Å². The molecule has 0 amide bonds. The Labute approximate surface area is 155 Å². The van der Waals surface area contributed by atoms with Crippen molar-refractivity contribution in [2.45, 2.75) is 11.3 Å². The Kier molecular flexibility index (Phi) is 10.8. The maximum Gasteiger partial charge on any atom is 0.240 e. The molecule has 0 unspecified atom stereocenters. The third-order valence-electron chi connectivity index (χ3n) is 3.59. The molecule has 24 heavy (non-hydrogen) atoms. The fourth-order valence-electron chi connectivity index (χ4n) is 2.34. The largest absolute Gasteiger partial charge is 0.494 e. The number of hydrogen-bond acceptors (Lipinski definition) is 5. The van der Waals surface area contributed by atoms with Gasteiger partial charge < -0.3 is 15.0 Å². The van der Waals surface area contributed by atoms with Gasteiger partial charge in [0.1, 0.15) is 0 Å². The van der Waals surface area contributed by atoms with Gasteiger partial charge in [-0.3, -0.25) is 0 Å². The highest BCUT2D eigenvalue weighted by atomic mass is 35.5. The maximum atomic E-state index is 13.6. The number of nitrogens with zero attached hydrogens (tertiary/aromatic N) is 1. The van der Waals surface area contributed by atoms with Crippen molar-refractivity contribution in [1.29, 1.82) is 0 Å².